The van der Waals surface area contributed by atoms with Gasteiger partial charge in [0.05, 0.1) is 6.10 Å². The van der Waals surface area contributed by atoms with Gasteiger partial charge in [-0.05, 0) is 76.2 Å². The molecule has 2 aromatic rings. The van der Waals surface area contributed by atoms with E-state index < -0.39 is 17.2 Å². The highest BCUT2D eigenvalue weighted by Gasteiger charge is 2.34. The predicted molar refractivity (Wildman–Crippen MR) is 121 cm³/mol. The second-order valence-electron chi connectivity index (χ2n) is 8.02. The number of rotatable bonds is 10. The molecule has 0 saturated carbocycles. The first-order valence-corrected chi connectivity index (χ1v) is 10.5. The minimum Gasteiger partial charge on any atom is -0.476 e. The van der Waals surface area contributed by atoms with E-state index in [1.807, 2.05) is 62.4 Å². The fraction of sp³-hybridized carbons (Fsp3) is 0.458. The number of nitrogens with one attached hydrogen (secondary N) is 2. The van der Waals surface area contributed by atoms with E-state index in [-0.39, 0.29) is 6.10 Å². The van der Waals surface area contributed by atoms with Crippen LogP contribution in [-0.4, -0.2) is 30.8 Å². The molecule has 164 valence electrons. The van der Waals surface area contributed by atoms with Crippen LogP contribution in [0, 0.1) is 0 Å². The maximum Gasteiger partial charge on any atom is 0.350 e. The molecule has 0 aliphatic rings. The zero-order valence-electron chi connectivity index (χ0n) is 18.9. The van der Waals surface area contributed by atoms with Crippen LogP contribution in [0.15, 0.2) is 48.5 Å². The second-order valence-corrected chi connectivity index (χ2v) is 8.02. The molecule has 4 N–H and O–H groups in total. The minimum atomic E-state index is -1.08. The van der Waals surface area contributed by atoms with Crippen molar-refractivity contribution in [1.82, 2.24) is 10.6 Å². The number of carbonyl (C=O) groups is 1. The molecular weight excluding hydrogens is 378 g/mol. The summed E-state index contributed by atoms with van der Waals surface area (Å²) in [5, 5.41) is 7.18. The van der Waals surface area contributed by atoms with Crippen LogP contribution in [-0.2, 0) is 15.2 Å². The summed E-state index contributed by atoms with van der Waals surface area (Å²) < 4.78 is 11.2. The lowest BCUT2D eigenvalue weighted by Gasteiger charge is -2.37. The number of anilines is 1. The third-order valence-electron chi connectivity index (χ3n) is 4.72. The minimum absolute atomic E-state index is 0.191. The van der Waals surface area contributed by atoms with Crippen LogP contribution in [0.1, 0.15) is 52.7 Å². The van der Waals surface area contributed by atoms with Gasteiger partial charge in [0.15, 0.2) is 5.60 Å². The Morgan fingerprint density at radius 3 is 1.83 bits per heavy atom. The normalized spacial score (nSPS) is 12.1. The molecule has 2 rings (SSSR count). The van der Waals surface area contributed by atoms with Gasteiger partial charge < -0.3 is 15.2 Å². The van der Waals surface area contributed by atoms with Crippen molar-refractivity contribution < 1.29 is 14.3 Å². The highest BCUT2D eigenvalue weighted by Crippen LogP contribution is 2.30. The number of hydrogen-bond acceptors (Lipinski definition) is 6. The number of nitrogens with two attached hydrogens (primary N) is 1. The molecule has 0 saturated heterocycles. The van der Waals surface area contributed by atoms with Gasteiger partial charge in [-0.15, -0.1) is 0 Å². The van der Waals surface area contributed by atoms with Gasteiger partial charge in [0.25, 0.3) is 0 Å². The molecule has 0 spiro atoms. The summed E-state index contributed by atoms with van der Waals surface area (Å²) in [7, 11) is 0. The Kier molecular flexibility index (Phi) is 7.87. The van der Waals surface area contributed by atoms with Gasteiger partial charge in [-0.1, -0.05) is 38.1 Å². The SMILES string of the molecule is CCNC(NCC)(c1ccc(N)cc1)c1ccc(OC(C)(C)C(=O)OC(C)C)cc1. The highest BCUT2D eigenvalue weighted by atomic mass is 16.6. The number of hydrogen-bond donors (Lipinski definition) is 3. The Morgan fingerprint density at radius 1 is 0.933 bits per heavy atom. The van der Waals surface area contributed by atoms with Gasteiger partial charge in [-0.2, -0.15) is 0 Å². The van der Waals surface area contributed by atoms with E-state index >= 15 is 0 Å². The average Bonchev–Trinajstić information content (AvgIpc) is 2.68. The summed E-state index contributed by atoms with van der Waals surface area (Å²) >= 11 is 0. The molecule has 6 nitrogen and oxygen atoms in total. The highest BCUT2D eigenvalue weighted by molar-refractivity contribution is 5.79. The van der Waals surface area contributed by atoms with E-state index in [0.717, 1.165) is 29.9 Å². The van der Waals surface area contributed by atoms with Gasteiger partial charge in [-0.3, -0.25) is 10.6 Å². The molecule has 30 heavy (non-hydrogen) atoms. The number of carbonyl (C=O) groups excluding carboxylic acids is 1. The summed E-state index contributed by atoms with van der Waals surface area (Å²) in [6, 6.07) is 15.6. The van der Waals surface area contributed by atoms with Crippen molar-refractivity contribution in [3.05, 3.63) is 59.7 Å². The monoisotopic (exact) mass is 413 g/mol. The van der Waals surface area contributed by atoms with Gasteiger partial charge in [0.2, 0.25) is 0 Å². The standard InChI is InChI=1S/C24H35N3O3/c1-7-26-24(27-8-2,18-9-13-20(25)14-10-18)19-11-15-21(16-12-19)30-23(5,6)22(28)29-17(3)4/h9-17,26-27H,7-8,25H2,1-6H3. The zero-order valence-corrected chi connectivity index (χ0v) is 18.9. The molecule has 0 aliphatic carbocycles. The maximum atomic E-state index is 12.3. The average molecular weight is 414 g/mol. The van der Waals surface area contributed by atoms with Crippen LogP contribution in [0.5, 0.6) is 5.75 Å². The van der Waals surface area contributed by atoms with Crippen LogP contribution in [0.4, 0.5) is 5.69 Å². The second kappa shape index (κ2) is 9.96. The van der Waals surface area contributed by atoms with Crippen molar-refractivity contribution in [3.8, 4) is 5.75 Å². The molecule has 0 aliphatic heterocycles. The Balaban J connectivity index is 2.35. The van der Waals surface area contributed by atoms with Crippen molar-refractivity contribution in [2.45, 2.75) is 58.9 Å². The molecule has 0 heterocycles. The molecule has 6 heteroatoms. The van der Waals surface area contributed by atoms with Crippen LogP contribution in [0.3, 0.4) is 0 Å². The summed E-state index contributed by atoms with van der Waals surface area (Å²) in [5.41, 5.74) is 7.07. The van der Waals surface area contributed by atoms with Gasteiger partial charge in [0, 0.05) is 5.69 Å². The van der Waals surface area contributed by atoms with E-state index in [0.29, 0.717) is 5.75 Å². The third kappa shape index (κ3) is 5.52. The van der Waals surface area contributed by atoms with E-state index in [2.05, 4.69) is 24.5 Å². The number of ether oxygens (including phenoxy) is 2. The van der Waals surface area contributed by atoms with Crippen molar-refractivity contribution >= 4 is 11.7 Å². The lowest BCUT2D eigenvalue weighted by atomic mass is 9.90. The van der Waals surface area contributed by atoms with E-state index in [1.165, 1.54) is 0 Å². The van der Waals surface area contributed by atoms with Crippen molar-refractivity contribution in [2.75, 3.05) is 18.8 Å². The summed E-state index contributed by atoms with van der Waals surface area (Å²) in [6.45, 7) is 12.7. The summed E-state index contributed by atoms with van der Waals surface area (Å²) in [6.07, 6.45) is -0.191. The summed E-state index contributed by atoms with van der Waals surface area (Å²) in [5.74, 6) is 0.210. The molecule has 0 fully saturated rings. The van der Waals surface area contributed by atoms with Gasteiger partial charge in [0.1, 0.15) is 11.4 Å². The number of esters is 1. The van der Waals surface area contributed by atoms with Gasteiger partial charge >= 0.3 is 5.97 Å². The molecule has 0 aromatic heterocycles. The van der Waals surface area contributed by atoms with E-state index in [4.69, 9.17) is 15.2 Å². The first-order chi connectivity index (χ1) is 14.1. The molecular formula is C24H35N3O3. The Labute approximate surface area is 180 Å². The molecule has 0 bridgehead atoms. The Hall–Kier alpha value is -2.57. The van der Waals surface area contributed by atoms with Gasteiger partial charge in [-0.25, -0.2) is 4.79 Å². The molecule has 0 atom stereocenters. The first kappa shape index (κ1) is 23.7. The van der Waals surface area contributed by atoms with Crippen LogP contribution in [0.25, 0.3) is 0 Å². The van der Waals surface area contributed by atoms with Crippen LogP contribution < -0.4 is 21.1 Å². The first-order valence-electron chi connectivity index (χ1n) is 10.5. The van der Waals surface area contributed by atoms with E-state index in [1.54, 1.807) is 13.8 Å². The third-order valence-corrected chi connectivity index (χ3v) is 4.72. The van der Waals surface area contributed by atoms with Crippen LogP contribution >= 0.6 is 0 Å². The summed E-state index contributed by atoms with van der Waals surface area (Å²) in [4.78, 5) is 12.3. The van der Waals surface area contributed by atoms with Crippen molar-refractivity contribution in [3.63, 3.8) is 0 Å². The maximum absolute atomic E-state index is 12.3. The van der Waals surface area contributed by atoms with Crippen LogP contribution in [0.2, 0.25) is 0 Å². The predicted octanol–water partition coefficient (Wildman–Crippen LogP) is 3.80. The molecule has 0 radical (unpaired) electrons. The molecule has 0 amide bonds. The number of nitrogen functional groups attached to an aromatic ring is 1. The van der Waals surface area contributed by atoms with Crippen molar-refractivity contribution in [1.29, 1.82) is 0 Å². The largest absolute Gasteiger partial charge is 0.476 e. The smallest absolute Gasteiger partial charge is 0.350 e. The Bertz CT molecular complexity index is 809. The Morgan fingerprint density at radius 2 is 1.40 bits per heavy atom. The fourth-order valence-corrected chi connectivity index (χ4v) is 3.37. The van der Waals surface area contributed by atoms with Crippen molar-refractivity contribution in [2.24, 2.45) is 0 Å². The lowest BCUT2D eigenvalue weighted by molar-refractivity contribution is -0.163. The number of benzene rings is 2. The molecule has 2 aromatic carbocycles. The zero-order chi connectivity index (χ0) is 22.4. The molecule has 0 unspecified atom stereocenters. The quantitative estimate of drug-likeness (QED) is 0.312. The lowest BCUT2D eigenvalue weighted by Crippen LogP contribution is -2.54. The fourth-order valence-electron chi connectivity index (χ4n) is 3.37. The van der Waals surface area contributed by atoms with E-state index in [9.17, 15) is 4.79 Å². The topological polar surface area (TPSA) is 85.6 Å².